The second kappa shape index (κ2) is 5.30. The molecule has 21 heavy (non-hydrogen) atoms. The number of nitrogens with one attached hydrogen (secondary N) is 1. The van der Waals surface area contributed by atoms with Crippen molar-refractivity contribution >= 4 is 0 Å². The SMILES string of the molecule is Cc1cc2c(o1)CC(C)(C)CC2NCc1cnccc1C. The lowest BCUT2D eigenvalue weighted by Crippen LogP contribution is -2.32. The van der Waals surface area contributed by atoms with E-state index in [-0.39, 0.29) is 5.41 Å². The molecule has 2 aromatic rings. The summed E-state index contributed by atoms with van der Waals surface area (Å²) < 4.78 is 5.90. The second-order valence-corrected chi connectivity index (χ2v) is 7.02. The van der Waals surface area contributed by atoms with Gasteiger partial charge in [-0.2, -0.15) is 0 Å². The van der Waals surface area contributed by atoms with Crippen LogP contribution in [0.5, 0.6) is 0 Å². The van der Waals surface area contributed by atoms with Gasteiger partial charge >= 0.3 is 0 Å². The highest BCUT2D eigenvalue weighted by Gasteiger charge is 2.34. The fraction of sp³-hybridized carbons (Fsp3) is 0.500. The number of hydrogen-bond donors (Lipinski definition) is 1. The molecule has 0 saturated carbocycles. The molecule has 2 heterocycles. The van der Waals surface area contributed by atoms with Crippen LogP contribution in [0, 0.1) is 19.3 Å². The van der Waals surface area contributed by atoms with Gasteiger partial charge in [0.15, 0.2) is 0 Å². The zero-order valence-electron chi connectivity index (χ0n) is 13.4. The van der Waals surface area contributed by atoms with Crippen LogP contribution in [0.2, 0.25) is 0 Å². The Balaban J connectivity index is 1.80. The van der Waals surface area contributed by atoms with Crippen LogP contribution < -0.4 is 5.32 Å². The third-order valence-corrected chi connectivity index (χ3v) is 4.42. The smallest absolute Gasteiger partial charge is 0.109 e. The molecule has 0 aliphatic heterocycles. The summed E-state index contributed by atoms with van der Waals surface area (Å²) in [4.78, 5) is 4.23. The van der Waals surface area contributed by atoms with Gasteiger partial charge in [-0.05, 0) is 48.9 Å². The highest BCUT2D eigenvalue weighted by Crippen LogP contribution is 2.42. The number of nitrogens with zero attached hydrogens (tertiary/aromatic N) is 1. The Bertz CT molecular complexity index is 642. The maximum absolute atomic E-state index is 5.90. The maximum atomic E-state index is 5.90. The van der Waals surface area contributed by atoms with Gasteiger partial charge in [-0.3, -0.25) is 4.98 Å². The molecule has 0 aromatic carbocycles. The van der Waals surface area contributed by atoms with E-state index in [0.717, 1.165) is 30.9 Å². The summed E-state index contributed by atoms with van der Waals surface area (Å²) in [5.41, 5.74) is 4.17. The Morgan fingerprint density at radius 3 is 2.95 bits per heavy atom. The van der Waals surface area contributed by atoms with Gasteiger partial charge in [0.2, 0.25) is 0 Å². The topological polar surface area (TPSA) is 38.1 Å². The molecule has 3 rings (SSSR count). The summed E-state index contributed by atoms with van der Waals surface area (Å²) in [6.07, 6.45) is 5.97. The lowest BCUT2D eigenvalue weighted by atomic mass is 9.74. The van der Waals surface area contributed by atoms with E-state index in [1.165, 1.54) is 16.7 Å². The van der Waals surface area contributed by atoms with Gasteiger partial charge in [-0.15, -0.1) is 0 Å². The number of fused-ring (bicyclic) bond motifs is 1. The molecule has 1 atom stereocenters. The monoisotopic (exact) mass is 284 g/mol. The normalized spacial score (nSPS) is 20.3. The number of hydrogen-bond acceptors (Lipinski definition) is 3. The molecule has 3 nitrogen and oxygen atoms in total. The first-order chi connectivity index (χ1) is 9.94. The predicted octanol–water partition coefficient (Wildman–Crippen LogP) is 4.09. The van der Waals surface area contributed by atoms with Crippen molar-refractivity contribution in [1.82, 2.24) is 10.3 Å². The lowest BCUT2D eigenvalue weighted by molar-refractivity contribution is 0.233. The first-order valence-electron chi connectivity index (χ1n) is 7.67. The average Bonchev–Trinajstić information content (AvgIpc) is 2.76. The first kappa shape index (κ1) is 14.3. The Kier molecular flexibility index (Phi) is 3.62. The molecule has 0 radical (unpaired) electrons. The Hall–Kier alpha value is -1.61. The van der Waals surface area contributed by atoms with Crippen LogP contribution in [0.4, 0.5) is 0 Å². The van der Waals surface area contributed by atoms with Crippen molar-refractivity contribution in [3.05, 3.63) is 52.7 Å². The molecule has 1 aliphatic carbocycles. The van der Waals surface area contributed by atoms with E-state index in [4.69, 9.17) is 4.42 Å². The molecule has 0 bridgehead atoms. The zero-order valence-corrected chi connectivity index (χ0v) is 13.4. The van der Waals surface area contributed by atoms with Crippen molar-refractivity contribution in [2.75, 3.05) is 0 Å². The number of pyridine rings is 1. The predicted molar refractivity (Wildman–Crippen MR) is 84.1 cm³/mol. The van der Waals surface area contributed by atoms with E-state index >= 15 is 0 Å². The third kappa shape index (κ3) is 3.03. The molecule has 0 amide bonds. The summed E-state index contributed by atoms with van der Waals surface area (Å²) >= 11 is 0. The van der Waals surface area contributed by atoms with Crippen molar-refractivity contribution in [3.63, 3.8) is 0 Å². The van der Waals surface area contributed by atoms with E-state index in [1.54, 1.807) is 0 Å². The van der Waals surface area contributed by atoms with Crippen molar-refractivity contribution in [3.8, 4) is 0 Å². The average molecular weight is 284 g/mol. The molecule has 3 heteroatoms. The molecule has 1 N–H and O–H groups in total. The summed E-state index contributed by atoms with van der Waals surface area (Å²) in [6.45, 7) is 9.66. The van der Waals surface area contributed by atoms with Gasteiger partial charge in [0.1, 0.15) is 11.5 Å². The summed E-state index contributed by atoms with van der Waals surface area (Å²) in [5.74, 6) is 2.17. The number of rotatable bonds is 3. The van der Waals surface area contributed by atoms with E-state index in [0.29, 0.717) is 6.04 Å². The number of furan rings is 1. The van der Waals surface area contributed by atoms with Crippen molar-refractivity contribution < 1.29 is 4.42 Å². The van der Waals surface area contributed by atoms with E-state index in [1.807, 2.05) is 19.3 Å². The zero-order chi connectivity index (χ0) is 15.0. The Labute approximate surface area is 126 Å². The first-order valence-corrected chi connectivity index (χ1v) is 7.67. The maximum Gasteiger partial charge on any atom is 0.109 e. The van der Waals surface area contributed by atoms with Crippen LogP contribution in [0.25, 0.3) is 0 Å². The molecule has 112 valence electrons. The third-order valence-electron chi connectivity index (χ3n) is 4.42. The lowest BCUT2D eigenvalue weighted by Gasteiger charge is -2.35. The summed E-state index contributed by atoms with van der Waals surface area (Å²) in [7, 11) is 0. The van der Waals surface area contributed by atoms with Crippen molar-refractivity contribution in [1.29, 1.82) is 0 Å². The van der Waals surface area contributed by atoms with Gasteiger partial charge in [-0.25, -0.2) is 0 Å². The molecule has 1 aliphatic rings. The minimum Gasteiger partial charge on any atom is -0.466 e. The van der Waals surface area contributed by atoms with Crippen LogP contribution in [-0.4, -0.2) is 4.98 Å². The van der Waals surface area contributed by atoms with E-state index < -0.39 is 0 Å². The molecule has 2 aromatic heterocycles. The minimum atomic E-state index is 0.277. The highest BCUT2D eigenvalue weighted by atomic mass is 16.3. The second-order valence-electron chi connectivity index (χ2n) is 7.02. The van der Waals surface area contributed by atoms with Crippen LogP contribution in [-0.2, 0) is 13.0 Å². The van der Waals surface area contributed by atoms with Crippen LogP contribution >= 0.6 is 0 Å². The molecule has 0 spiro atoms. The van der Waals surface area contributed by atoms with Gasteiger partial charge in [0, 0.05) is 37.0 Å². The summed E-state index contributed by atoms with van der Waals surface area (Å²) in [5, 5.41) is 3.70. The summed E-state index contributed by atoms with van der Waals surface area (Å²) in [6, 6.07) is 4.62. The Morgan fingerprint density at radius 2 is 2.19 bits per heavy atom. The van der Waals surface area contributed by atoms with Crippen molar-refractivity contribution in [2.45, 2.75) is 53.1 Å². The van der Waals surface area contributed by atoms with Crippen LogP contribution in [0.15, 0.2) is 28.9 Å². The van der Waals surface area contributed by atoms with Crippen LogP contribution in [0.1, 0.15) is 54.5 Å². The molecular weight excluding hydrogens is 260 g/mol. The quantitative estimate of drug-likeness (QED) is 0.922. The minimum absolute atomic E-state index is 0.277. The molecular formula is C18H24N2O. The van der Waals surface area contributed by atoms with Gasteiger partial charge in [0.05, 0.1) is 0 Å². The van der Waals surface area contributed by atoms with Gasteiger partial charge < -0.3 is 9.73 Å². The number of aromatic nitrogens is 1. The molecule has 1 unspecified atom stereocenters. The standard InChI is InChI=1S/C18H24N2O/c1-12-5-6-19-10-14(12)11-20-16-8-18(3,4)9-17-15(16)7-13(2)21-17/h5-7,10,16,20H,8-9,11H2,1-4H3. The fourth-order valence-electron chi connectivity index (χ4n) is 3.28. The highest BCUT2D eigenvalue weighted by molar-refractivity contribution is 5.30. The van der Waals surface area contributed by atoms with Gasteiger partial charge in [-0.1, -0.05) is 13.8 Å². The molecule has 0 saturated heterocycles. The number of aryl methyl sites for hydroxylation is 2. The van der Waals surface area contributed by atoms with Crippen LogP contribution in [0.3, 0.4) is 0 Å². The van der Waals surface area contributed by atoms with Gasteiger partial charge in [0.25, 0.3) is 0 Å². The van der Waals surface area contributed by atoms with E-state index in [9.17, 15) is 0 Å². The Morgan fingerprint density at radius 1 is 1.38 bits per heavy atom. The largest absolute Gasteiger partial charge is 0.466 e. The molecule has 0 fully saturated rings. The van der Waals surface area contributed by atoms with Crippen molar-refractivity contribution in [2.24, 2.45) is 5.41 Å². The fourth-order valence-corrected chi connectivity index (χ4v) is 3.28. The van der Waals surface area contributed by atoms with E-state index in [2.05, 4.69) is 43.2 Å².